The van der Waals surface area contributed by atoms with Gasteiger partial charge in [0.25, 0.3) is 0 Å². The van der Waals surface area contributed by atoms with Gasteiger partial charge in [0.15, 0.2) is 0 Å². The van der Waals surface area contributed by atoms with E-state index in [0.717, 1.165) is 0 Å². The molecule has 7 heteroatoms. The summed E-state index contributed by atoms with van der Waals surface area (Å²) in [5, 5.41) is 18.8. The highest BCUT2D eigenvalue weighted by atomic mass is 16.7. The van der Waals surface area contributed by atoms with Crippen LogP contribution in [0.15, 0.2) is 23.7 Å². The second kappa shape index (κ2) is 6.00. The normalized spacial score (nSPS) is 19.9. The van der Waals surface area contributed by atoms with Crippen LogP contribution in [0.1, 0.15) is 43.6 Å². The van der Waals surface area contributed by atoms with Crippen molar-refractivity contribution in [2.75, 3.05) is 12.3 Å². The Morgan fingerprint density at radius 3 is 2.26 bits per heavy atom. The van der Waals surface area contributed by atoms with E-state index < -0.39 is 24.3 Å². The Balaban J connectivity index is 2.35. The van der Waals surface area contributed by atoms with Crippen LogP contribution in [-0.4, -0.2) is 41.1 Å². The van der Waals surface area contributed by atoms with Crippen LogP contribution in [0.3, 0.4) is 0 Å². The molecule has 0 spiro atoms. The Morgan fingerprint density at radius 1 is 1.22 bits per heavy atom. The van der Waals surface area contributed by atoms with Crippen LogP contribution in [-0.2, 0) is 9.31 Å². The minimum Gasteiger partial charge on any atom is -0.478 e. The van der Waals surface area contributed by atoms with Gasteiger partial charge in [-0.2, -0.15) is 0 Å². The lowest BCUT2D eigenvalue weighted by atomic mass is 9.77. The molecule has 0 saturated carbocycles. The van der Waals surface area contributed by atoms with E-state index in [2.05, 4.69) is 0 Å². The van der Waals surface area contributed by atoms with Gasteiger partial charge in [-0.3, -0.25) is 0 Å². The standard InChI is InChI=1S/C16H22BNO5/c1-15(2)16(3,4)23-17(22-15)12(9-19)6-10-5-11(14(20)21)8-13(18)7-10/h5-8,19H,9,18H2,1-4H3,(H,20,21). The highest BCUT2D eigenvalue weighted by Crippen LogP contribution is 2.38. The topological polar surface area (TPSA) is 102 Å². The first kappa shape index (κ1) is 17.5. The number of rotatable bonds is 4. The van der Waals surface area contributed by atoms with E-state index in [1.54, 1.807) is 12.1 Å². The molecule has 0 aliphatic carbocycles. The van der Waals surface area contributed by atoms with Crippen LogP contribution < -0.4 is 5.73 Å². The van der Waals surface area contributed by atoms with Gasteiger partial charge in [-0.05, 0) is 56.9 Å². The molecule has 0 atom stereocenters. The number of nitrogen functional groups attached to an aromatic ring is 1. The Morgan fingerprint density at radius 2 is 1.78 bits per heavy atom. The Labute approximate surface area is 136 Å². The van der Waals surface area contributed by atoms with E-state index in [4.69, 9.17) is 20.1 Å². The summed E-state index contributed by atoms with van der Waals surface area (Å²) >= 11 is 0. The van der Waals surface area contributed by atoms with Crippen molar-refractivity contribution in [3.05, 3.63) is 34.8 Å². The molecule has 1 saturated heterocycles. The molecule has 0 aromatic heterocycles. The quantitative estimate of drug-likeness (QED) is 0.579. The third-order valence-electron chi connectivity index (χ3n) is 4.32. The van der Waals surface area contributed by atoms with Crippen molar-refractivity contribution < 1.29 is 24.3 Å². The summed E-state index contributed by atoms with van der Waals surface area (Å²) in [7, 11) is -0.695. The second-order valence-corrected chi connectivity index (χ2v) is 6.66. The zero-order valence-corrected chi connectivity index (χ0v) is 13.8. The maximum atomic E-state index is 11.1. The average Bonchev–Trinajstić information content (AvgIpc) is 2.64. The van der Waals surface area contributed by atoms with Crippen LogP contribution in [0.25, 0.3) is 6.08 Å². The van der Waals surface area contributed by atoms with Crippen LogP contribution >= 0.6 is 0 Å². The summed E-state index contributed by atoms with van der Waals surface area (Å²) in [6, 6.07) is 4.50. The zero-order valence-electron chi connectivity index (χ0n) is 13.8. The van der Waals surface area contributed by atoms with E-state index in [9.17, 15) is 9.90 Å². The molecule has 4 N–H and O–H groups in total. The summed E-state index contributed by atoms with van der Waals surface area (Å²) in [5.74, 6) is -1.06. The molecule has 1 aromatic rings. The molecule has 0 unspecified atom stereocenters. The monoisotopic (exact) mass is 319 g/mol. The van der Waals surface area contributed by atoms with Gasteiger partial charge in [0, 0.05) is 5.69 Å². The molecule has 2 rings (SSSR count). The summed E-state index contributed by atoms with van der Waals surface area (Å²) in [5.41, 5.74) is 6.19. The van der Waals surface area contributed by atoms with Gasteiger partial charge >= 0.3 is 13.1 Å². The van der Waals surface area contributed by atoms with Crippen LogP contribution in [0.5, 0.6) is 0 Å². The van der Waals surface area contributed by atoms with Crippen LogP contribution in [0, 0.1) is 0 Å². The first-order valence-electron chi connectivity index (χ1n) is 7.36. The van der Waals surface area contributed by atoms with Gasteiger partial charge in [-0.15, -0.1) is 0 Å². The number of aromatic carboxylic acids is 1. The van der Waals surface area contributed by atoms with Crippen molar-refractivity contribution in [3.63, 3.8) is 0 Å². The molecular weight excluding hydrogens is 297 g/mol. The number of benzene rings is 1. The molecule has 0 bridgehead atoms. The lowest BCUT2D eigenvalue weighted by Crippen LogP contribution is -2.41. The largest absolute Gasteiger partial charge is 0.492 e. The second-order valence-electron chi connectivity index (χ2n) is 6.66. The van der Waals surface area contributed by atoms with Gasteiger partial charge in [0.1, 0.15) is 0 Å². The van der Waals surface area contributed by atoms with Crippen LogP contribution in [0.2, 0.25) is 0 Å². The van der Waals surface area contributed by atoms with E-state index in [1.807, 2.05) is 27.7 Å². The highest BCUT2D eigenvalue weighted by Gasteiger charge is 2.52. The smallest absolute Gasteiger partial charge is 0.478 e. The summed E-state index contributed by atoms with van der Waals surface area (Å²) < 4.78 is 11.8. The molecular formula is C16H22BNO5. The van der Waals surface area contributed by atoms with E-state index >= 15 is 0 Å². The lowest BCUT2D eigenvalue weighted by molar-refractivity contribution is 0.00578. The van der Waals surface area contributed by atoms with Crippen molar-refractivity contribution in [3.8, 4) is 0 Å². The number of aliphatic hydroxyl groups excluding tert-OH is 1. The summed E-state index contributed by atoms with van der Waals surface area (Å²) in [6.07, 6.45) is 1.64. The number of anilines is 1. The van der Waals surface area contributed by atoms with Gasteiger partial charge in [0.2, 0.25) is 0 Å². The Kier molecular flexibility index (Phi) is 4.57. The maximum Gasteiger partial charge on any atom is 0.492 e. The summed E-state index contributed by atoms with van der Waals surface area (Å²) in [6.45, 7) is 7.42. The SMILES string of the molecule is CC1(C)OB(C(=Cc2cc(N)cc(C(=O)O)c2)CO)OC1(C)C. The molecule has 124 valence electrons. The number of hydrogen-bond donors (Lipinski definition) is 3. The molecule has 1 aliphatic heterocycles. The van der Waals surface area contributed by atoms with Crippen molar-refractivity contribution >= 4 is 24.9 Å². The molecule has 0 radical (unpaired) electrons. The first-order chi connectivity index (χ1) is 10.6. The maximum absolute atomic E-state index is 11.1. The van der Waals surface area contributed by atoms with E-state index in [-0.39, 0.29) is 12.2 Å². The van der Waals surface area contributed by atoms with Crippen molar-refractivity contribution in [2.24, 2.45) is 0 Å². The number of aliphatic hydroxyl groups is 1. The fraction of sp³-hybridized carbons (Fsp3) is 0.438. The minimum atomic E-state index is -1.06. The van der Waals surface area contributed by atoms with Crippen LogP contribution in [0.4, 0.5) is 5.69 Å². The zero-order chi connectivity index (χ0) is 17.4. The molecule has 1 heterocycles. The molecule has 0 amide bonds. The average molecular weight is 319 g/mol. The Bertz CT molecular complexity index is 638. The lowest BCUT2D eigenvalue weighted by Gasteiger charge is -2.32. The van der Waals surface area contributed by atoms with Gasteiger partial charge < -0.3 is 25.3 Å². The predicted octanol–water partition coefficient (Wildman–Crippen LogP) is 1.97. The fourth-order valence-corrected chi connectivity index (χ4v) is 2.28. The number of hydrogen-bond acceptors (Lipinski definition) is 5. The molecule has 23 heavy (non-hydrogen) atoms. The van der Waals surface area contributed by atoms with Gasteiger partial charge in [-0.1, -0.05) is 6.08 Å². The van der Waals surface area contributed by atoms with E-state index in [1.165, 1.54) is 12.1 Å². The van der Waals surface area contributed by atoms with E-state index in [0.29, 0.717) is 16.7 Å². The summed E-state index contributed by atoms with van der Waals surface area (Å²) in [4.78, 5) is 11.1. The number of carbonyl (C=O) groups is 1. The van der Waals surface area contributed by atoms with Gasteiger partial charge in [0.05, 0.1) is 23.4 Å². The minimum absolute atomic E-state index is 0.0856. The van der Waals surface area contributed by atoms with Crippen molar-refractivity contribution in [2.45, 2.75) is 38.9 Å². The molecule has 1 fully saturated rings. The molecule has 1 aliphatic rings. The number of carboxylic acid groups (broad SMARTS) is 1. The van der Waals surface area contributed by atoms with Gasteiger partial charge in [-0.25, -0.2) is 4.79 Å². The van der Waals surface area contributed by atoms with Crippen molar-refractivity contribution in [1.29, 1.82) is 0 Å². The third kappa shape index (κ3) is 3.58. The van der Waals surface area contributed by atoms with Crippen molar-refractivity contribution in [1.82, 2.24) is 0 Å². The molecule has 1 aromatic carbocycles. The molecule has 6 nitrogen and oxygen atoms in total. The third-order valence-corrected chi connectivity index (χ3v) is 4.32. The number of nitrogens with two attached hydrogens (primary N) is 1. The first-order valence-corrected chi connectivity index (χ1v) is 7.36. The Hall–Kier alpha value is -1.83. The number of carboxylic acids is 1. The fourth-order valence-electron chi connectivity index (χ4n) is 2.28. The predicted molar refractivity (Wildman–Crippen MR) is 89.0 cm³/mol. The highest BCUT2D eigenvalue weighted by molar-refractivity contribution is 6.55.